The average Bonchev–Trinajstić information content (AvgIpc) is 2.86. The molecule has 0 saturated heterocycles. The number of aromatic nitrogens is 3. The minimum Gasteiger partial charge on any atom is -0.464 e. The quantitative estimate of drug-likeness (QED) is 0.728. The number of hydrogen-bond donors (Lipinski definition) is 0. The molecule has 0 atom stereocenters. The highest BCUT2D eigenvalue weighted by molar-refractivity contribution is 9.10. The van der Waals surface area contributed by atoms with Gasteiger partial charge in [0, 0.05) is 16.1 Å². The van der Waals surface area contributed by atoms with Crippen LogP contribution in [0.15, 0.2) is 39.5 Å². The highest BCUT2D eigenvalue weighted by Crippen LogP contribution is 2.18. The molecule has 0 amide bonds. The van der Waals surface area contributed by atoms with Gasteiger partial charge in [0.1, 0.15) is 18.1 Å². The van der Waals surface area contributed by atoms with E-state index in [0.29, 0.717) is 6.54 Å². The van der Waals surface area contributed by atoms with Gasteiger partial charge in [-0.2, -0.15) is 5.10 Å². The summed E-state index contributed by atoms with van der Waals surface area (Å²) in [6.07, 6.45) is 3.58. The summed E-state index contributed by atoms with van der Waals surface area (Å²) >= 11 is 3.39. The second-order valence-electron chi connectivity index (χ2n) is 3.88. The lowest BCUT2D eigenvalue weighted by Gasteiger charge is -2.00. The van der Waals surface area contributed by atoms with Crippen LogP contribution in [0.5, 0.6) is 0 Å². The van der Waals surface area contributed by atoms with Crippen molar-refractivity contribution in [2.75, 3.05) is 0 Å². The average molecular weight is 292 g/mol. The van der Waals surface area contributed by atoms with Gasteiger partial charge in [-0.1, -0.05) is 0 Å². The summed E-state index contributed by atoms with van der Waals surface area (Å²) in [6, 6.07) is 5.91. The third-order valence-electron chi connectivity index (χ3n) is 2.54. The normalized spacial score (nSPS) is 11.2. The molecule has 3 aromatic rings. The monoisotopic (exact) mass is 291 g/mol. The number of hydrogen-bond acceptors (Lipinski definition) is 3. The molecule has 3 aromatic heterocycles. The van der Waals surface area contributed by atoms with Crippen molar-refractivity contribution in [1.29, 1.82) is 0 Å². The Morgan fingerprint density at radius 2 is 2.24 bits per heavy atom. The topological polar surface area (TPSA) is 43.9 Å². The number of nitrogens with zero attached hydrogens (tertiary/aromatic N) is 3. The number of fused-ring (bicyclic) bond motifs is 1. The zero-order chi connectivity index (χ0) is 11.8. The van der Waals surface area contributed by atoms with E-state index in [-0.39, 0.29) is 0 Å². The lowest BCUT2D eigenvalue weighted by molar-refractivity contribution is 0.462. The summed E-state index contributed by atoms with van der Waals surface area (Å²) < 4.78 is 8.32. The van der Waals surface area contributed by atoms with Crippen LogP contribution in [0.3, 0.4) is 0 Å². The van der Waals surface area contributed by atoms with Crippen LogP contribution in [0.1, 0.15) is 11.5 Å². The third kappa shape index (κ3) is 1.98. The molecule has 3 heterocycles. The Balaban J connectivity index is 2.00. The van der Waals surface area contributed by atoms with E-state index in [0.717, 1.165) is 27.0 Å². The maximum Gasteiger partial charge on any atom is 0.158 e. The number of halogens is 1. The Hall–Kier alpha value is -1.62. The number of aryl methyl sites for hydroxylation is 1. The van der Waals surface area contributed by atoms with Crippen molar-refractivity contribution in [3.05, 3.63) is 46.6 Å². The first-order valence-electron chi connectivity index (χ1n) is 5.25. The lowest BCUT2D eigenvalue weighted by atomic mass is 10.3. The van der Waals surface area contributed by atoms with Crippen molar-refractivity contribution in [3.63, 3.8) is 0 Å². The summed E-state index contributed by atoms with van der Waals surface area (Å²) in [6.45, 7) is 2.53. The van der Waals surface area contributed by atoms with E-state index < -0.39 is 0 Å². The largest absolute Gasteiger partial charge is 0.464 e. The van der Waals surface area contributed by atoms with Gasteiger partial charge in [-0.05, 0) is 41.1 Å². The fraction of sp³-hybridized carbons (Fsp3) is 0.167. The zero-order valence-corrected chi connectivity index (χ0v) is 10.8. The summed E-state index contributed by atoms with van der Waals surface area (Å²) in [5.74, 6) is 1.80. The van der Waals surface area contributed by atoms with Crippen molar-refractivity contribution in [2.24, 2.45) is 0 Å². The first-order chi connectivity index (χ1) is 8.22. The lowest BCUT2D eigenvalue weighted by Crippen LogP contribution is -2.01. The standard InChI is InChI=1S/C12H10BrN3O/c1-8-2-3-11(17-8)7-16-12-9(5-15-16)4-10(13)6-14-12/h2-6H,7H2,1H3. The molecule has 0 saturated carbocycles. The smallest absolute Gasteiger partial charge is 0.158 e. The molecule has 0 aliphatic carbocycles. The van der Waals surface area contributed by atoms with E-state index >= 15 is 0 Å². The molecule has 0 fully saturated rings. The van der Waals surface area contributed by atoms with E-state index in [1.807, 2.05) is 36.0 Å². The van der Waals surface area contributed by atoms with Crippen LogP contribution in [0.4, 0.5) is 0 Å². The van der Waals surface area contributed by atoms with Gasteiger partial charge in [-0.15, -0.1) is 0 Å². The number of furan rings is 1. The predicted molar refractivity (Wildman–Crippen MR) is 67.8 cm³/mol. The molecule has 86 valence electrons. The van der Waals surface area contributed by atoms with Gasteiger partial charge in [0.2, 0.25) is 0 Å². The van der Waals surface area contributed by atoms with Crippen molar-refractivity contribution >= 4 is 27.0 Å². The van der Waals surface area contributed by atoms with E-state index in [1.54, 1.807) is 6.20 Å². The van der Waals surface area contributed by atoms with Crippen LogP contribution in [0.25, 0.3) is 11.0 Å². The molecule has 5 heteroatoms. The second kappa shape index (κ2) is 4.00. The summed E-state index contributed by atoms with van der Waals surface area (Å²) in [5.41, 5.74) is 0.863. The second-order valence-corrected chi connectivity index (χ2v) is 4.80. The van der Waals surface area contributed by atoms with E-state index in [2.05, 4.69) is 26.0 Å². The Bertz CT molecular complexity index is 671. The van der Waals surface area contributed by atoms with Crippen molar-refractivity contribution in [3.8, 4) is 0 Å². The van der Waals surface area contributed by atoms with Gasteiger partial charge in [0.25, 0.3) is 0 Å². The molecule has 17 heavy (non-hydrogen) atoms. The molecule has 0 aromatic carbocycles. The fourth-order valence-electron chi connectivity index (χ4n) is 1.78. The molecule has 0 unspecified atom stereocenters. The molecule has 3 rings (SSSR count). The van der Waals surface area contributed by atoms with Crippen LogP contribution in [-0.2, 0) is 6.54 Å². The van der Waals surface area contributed by atoms with Gasteiger partial charge in [0.15, 0.2) is 5.65 Å². The van der Waals surface area contributed by atoms with E-state index in [9.17, 15) is 0 Å². The minimum absolute atomic E-state index is 0.603. The third-order valence-corrected chi connectivity index (χ3v) is 2.98. The number of pyridine rings is 1. The molecule has 4 nitrogen and oxygen atoms in total. The molecule has 0 N–H and O–H groups in total. The molecule has 0 bridgehead atoms. The molecular formula is C12H10BrN3O. The highest BCUT2D eigenvalue weighted by Gasteiger charge is 2.07. The van der Waals surface area contributed by atoms with Crippen LogP contribution < -0.4 is 0 Å². The highest BCUT2D eigenvalue weighted by atomic mass is 79.9. The Morgan fingerprint density at radius 3 is 3.00 bits per heavy atom. The Kier molecular flexibility index (Phi) is 2.48. The van der Waals surface area contributed by atoms with E-state index in [4.69, 9.17) is 4.42 Å². The van der Waals surface area contributed by atoms with Crippen molar-refractivity contribution in [2.45, 2.75) is 13.5 Å². The van der Waals surface area contributed by atoms with Gasteiger partial charge in [0.05, 0.1) is 6.20 Å². The summed E-state index contributed by atoms with van der Waals surface area (Å²) in [5, 5.41) is 5.33. The first-order valence-corrected chi connectivity index (χ1v) is 6.04. The molecule has 0 aliphatic rings. The number of rotatable bonds is 2. The molecule has 0 radical (unpaired) electrons. The van der Waals surface area contributed by atoms with Crippen LogP contribution in [0.2, 0.25) is 0 Å². The maximum atomic E-state index is 5.53. The fourth-order valence-corrected chi connectivity index (χ4v) is 2.13. The zero-order valence-electron chi connectivity index (χ0n) is 9.22. The Morgan fingerprint density at radius 1 is 1.35 bits per heavy atom. The van der Waals surface area contributed by atoms with Gasteiger partial charge < -0.3 is 4.42 Å². The molecule has 0 aliphatic heterocycles. The van der Waals surface area contributed by atoms with Crippen LogP contribution in [-0.4, -0.2) is 14.8 Å². The van der Waals surface area contributed by atoms with Crippen LogP contribution >= 0.6 is 15.9 Å². The maximum absolute atomic E-state index is 5.53. The SMILES string of the molecule is Cc1ccc(Cn2ncc3cc(Br)cnc32)o1. The van der Waals surface area contributed by atoms with Crippen molar-refractivity contribution < 1.29 is 4.42 Å². The first kappa shape index (κ1) is 10.5. The van der Waals surface area contributed by atoms with Gasteiger partial charge >= 0.3 is 0 Å². The molecule has 0 spiro atoms. The summed E-state index contributed by atoms with van der Waals surface area (Å²) in [7, 11) is 0. The summed E-state index contributed by atoms with van der Waals surface area (Å²) in [4.78, 5) is 4.36. The van der Waals surface area contributed by atoms with E-state index in [1.165, 1.54) is 0 Å². The Labute approximate surface area is 106 Å². The van der Waals surface area contributed by atoms with Gasteiger partial charge in [-0.25, -0.2) is 9.67 Å². The van der Waals surface area contributed by atoms with Gasteiger partial charge in [-0.3, -0.25) is 0 Å². The predicted octanol–water partition coefficient (Wildman–Crippen LogP) is 3.14. The van der Waals surface area contributed by atoms with Crippen LogP contribution in [0, 0.1) is 6.92 Å². The minimum atomic E-state index is 0.603. The van der Waals surface area contributed by atoms with Crippen molar-refractivity contribution in [1.82, 2.24) is 14.8 Å². The molecular weight excluding hydrogens is 282 g/mol.